The van der Waals surface area contributed by atoms with Gasteiger partial charge in [-0.3, -0.25) is 4.79 Å². The van der Waals surface area contributed by atoms with Crippen LogP contribution in [-0.2, 0) is 0 Å². The van der Waals surface area contributed by atoms with Gasteiger partial charge < -0.3 is 14.6 Å². The molecule has 0 radical (unpaired) electrons. The number of para-hydroxylation sites is 1. The second-order valence-electron chi connectivity index (χ2n) is 6.31. The number of carbonyl (C=O) groups excluding carboxylic acids is 1. The molecule has 0 fully saturated rings. The molecule has 4 rings (SSSR count). The number of hydrogen-bond acceptors (Lipinski definition) is 5. The summed E-state index contributed by atoms with van der Waals surface area (Å²) >= 11 is 0. The lowest BCUT2D eigenvalue weighted by molar-refractivity contribution is 0.102. The lowest BCUT2D eigenvalue weighted by Crippen LogP contribution is -2.13. The molecule has 0 spiro atoms. The largest absolute Gasteiger partial charge is 0.494 e. The Morgan fingerprint density at radius 3 is 2.61 bits per heavy atom. The molecule has 0 saturated heterocycles. The Balaban J connectivity index is 1.75. The zero-order chi connectivity index (χ0) is 19.5. The highest BCUT2D eigenvalue weighted by Crippen LogP contribution is 2.27. The van der Waals surface area contributed by atoms with E-state index in [1.165, 1.54) is 0 Å². The first-order valence-electron chi connectivity index (χ1n) is 9.01. The van der Waals surface area contributed by atoms with Gasteiger partial charge in [-0.15, -0.1) is 0 Å². The minimum atomic E-state index is -0.265. The monoisotopic (exact) mass is 373 g/mol. The molecule has 0 aliphatic carbocycles. The normalized spacial score (nSPS) is 10.8. The van der Waals surface area contributed by atoms with E-state index in [0.29, 0.717) is 29.4 Å². The van der Waals surface area contributed by atoms with Crippen LogP contribution in [0.2, 0.25) is 0 Å². The van der Waals surface area contributed by atoms with E-state index in [0.717, 1.165) is 22.2 Å². The number of hydrogen-bond donors (Lipinski definition) is 1. The molecule has 2 aromatic carbocycles. The van der Waals surface area contributed by atoms with E-state index >= 15 is 0 Å². The molecule has 0 unspecified atom stereocenters. The van der Waals surface area contributed by atoms with E-state index in [1.807, 2.05) is 55.5 Å². The molecule has 1 N–H and O–H groups in total. The van der Waals surface area contributed by atoms with Gasteiger partial charge in [0.05, 0.1) is 23.4 Å². The van der Waals surface area contributed by atoms with Gasteiger partial charge in [0, 0.05) is 17.0 Å². The zero-order valence-electron chi connectivity index (χ0n) is 15.6. The van der Waals surface area contributed by atoms with Gasteiger partial charge in [-0.1, -0.05) is 23.4 Å². The van der Waals surface area contributed by atoms with Crippen molar-refractivity contribution in [3.05, 3.63) is 72.0 Å². The third kappa shape index (κ3) is 3.57. The second-order valence-corrected chi connectivity index (χ2v) is 6.31. The summed E-state index contributed by atoms with van der Waals surface area (Å²) < 4.78 is 10.5. The number of amides is 1. The topological polar surface area (TPSA) is 77.2 Å². The number of fused-ring (bicyclic) bond motifs is 1. The molecule has 4 aromatic rings. The predicted octanol–water partition coefficient (Wildman–Crippen LogP) is 4.85. The van der Waals surface area contributed by atoms with Crippen LogP contribution in [0.15, 0.2) is 65.2 Å². The van der Waals surface area contributed by atoms with Crippen LogP contribution in [0.4, 0.5) is 5.82 Å². The van der Waals surface area contributed by atoms with Crippen LogP contribution < -0.4 is 10.1 Å². The van der Waals surface area contributed by atoms with Crippen LogP contribution in [0.5, 0.6) is 5.75 Å². The first-order chi connectivity index (χ1) is 13.6. The first-order valence-corrected chi connectivity index (χ1v) is 9.01. The Bertz CT molecular complexity index is 1130. The number of anilines is 1. The van der Waals surface area contributed by atoms with Gasteiger partial charge in [0.2, 0.25) is 0 Å². The van der Waals surface area contributed by atoms with Crippen molar-refractivity contribution in [2.45, 2.75) is 13.8 Å². The molecule has 1 amide bonds. The molecule has 0 bridgehead atoms. The fourth-order valence-electron chi connectivity index (χ4n) is 3.01. The van der Waals surface area contributed by atoms with E-state index in [1.54, 1.807) is 19.1 Å². The van der Waals surface area contributed by atoms with Crippen LogP contribution in [-0.4, -0.2) is 22.7 Å². The minimum Gasteiger partial charge on any atom is -0.494 e. The number of pyridine rings is 1. The third-order valence-corrected chi connectivity index (χ3v) is 4.29. The lowest BCUT2D eigenvalue weighted by Gasteiger charge is -2.10. The number of ether oxygens (including phenoxy) is 1. The Hall–Kier alpha value is -3.67. The van der Waals surface area contributed by atoms with Gasteiger partial charge >= 0.3 is 0 Å². The summed E-state index contributed by atoms with van der Waals surface area (Å²) in [6.45, 7) is 4.33. The average Bonchev–Trinajstić information content (AvgIpc) is 3.12. The van der Waals surface area contributed by atoms with Crippen LogP contribution in [0.3, 0.4) is 0 Å². The van der Waals surface area contributed by atoms with Gasteiger partial charge in [-0.2, -0.15) is 0 Å². The summed E-state index contributed by atoms with van der Waals surface area (Å²) in [5, 5.41) is 7.39. The molecule has 28 heavy (non-hydrogen) atoms. The quantitative estimate of drug-likeness (QED) is 0.541. The van der Waals surface area contributed by atoms with Gasteiger partial charge in [-0.25, -0.2) is 4.98 Å². The van der Waals surface area contributed by atoms with Crippen molar-refractivity contribution >= 4 is 22.6 Å². The van der Waals surface area contributed by atoms with Gasteiger partial charge in [0.25, 0.3) is 5.91 Å². The minimum absolute atomic E-state index is 0.265. The van der Waals surface area contributed by atoms with Crippen molar-refractivity contribution in [3.8, 4) is 17.0 Å². The number of carbonyl (C=O) groups is 1. The summed E-state index contributed by atoms with van der Waals surface area (Å²) in [6, 6.07) is 18.7. The standard InChI is InChI=1S/C22H19N3O3/c1-3-27-16-10-8-15(9-11-16)20-13-18(17-6-4-5-7-19(17)23-20)22(26)24-21-12-14(2)28-25-21/h4-13H,3H2,1-2H3,(H,24,25,26). The van der Waals surface area contributed by atoms with E-state index in [2.05, 4.69) is 10.5 Å². The van der Waals surface area contributed by atoms with Gasteiger partial charge in [-0.05, 0) is 50.2 Å². The first kappa shape index (κ1) is 17.7. The van der Waals surface area contributed by atoms with Crippen molar-refractivity contribution < 1.29 is 14.1 Å². The smallest absolute Gasteiger partial charge is 0.257 e. The number of rotatable bonds is 5. The molecule has 6 heteroatoms. The fraction of sp³-hybridized carbons (Fsp3) is 0.136. The Kier molecular flexibility index (Phi) is 4.76. The van der Waals surface area contributed by atoms with Crippen molar-refractivity contribution in [3.63, 3.8) is 0 Å². The predicted molar refractivity (Wildman–Crippen MR) is 108 cm³/mol. The number of nitrogens with one attached hydrogen (secondary N) is 1. The highest BCUT2D eigenvalue weighted by molar-refractivity contribution is 6.12. The molecule has 2 heterocycles. The molecule has 0 aliphatic rings. The van der Waals surface area contributed by atoms with Crippen LogP contribution in [0.1, 0.15) is 23.0 Å². The molecule has 2 aromatic heterocycles. The van der Waals surface area contributed by atoms with Crippen molar-refractivity contribution in [1.29, 1.82) is 0 Å². The summed E-state index contributed by atoms with van der Waals surface area (Å²) in [6.07, 6.45) is 0. The maximum atomic E-state index is 12.9. The molecule has 0 atom stereocenters. The third-order valence-electron chi connectivity index (χ3n) is 4.29. The highest BCUT2D eigenvalue weighted by Gasteiger charge is 2.15. The molecular formula is C22H19N3O3. The van der Waals surface area contributed by atoms with Gasteiger partial charge in [0.15, 0.2) is 5.82 Å². The van der Waals surface area contributed by atoms with E-state index in [4.69, 9.17) is 14.2 Å². The summed E-state index contributed by atoms with van der Waals surface area (Å²) in [4.78, 5) is 17.6. The maximum Gasteiger partial charge on any atom is 0.257 e. The number of nitrogens with zero attached hydrogens (tertiary/aromatic N) is 2. The van der Waals surface area contributed by atoms with Crippen molar-refractivity contribution in [1.82, 2.24) is 10.1 Å². The summed E-state index contributed by atoms with van der Waals surface area (Å²) in [5.41, 5.74) is 2.88. The number of aromatic nitrogens is 2. The van der Waals surface area contributed by atoms with E-state index < -0.39 is 0 Å². The SMILES string of the molecule is CCOc1ccc(-c2cc(C(=O)Nc3cc(C)on3)c3ccccc3n2)cc1. The zero-order valence-corrected chi connectivity index (χ0v) is 15.6. The molecule has 140 valence electrons. The Morgan fingerprint density at radius 2 is 1.89 bits per heavy atom. The molecular weight excluding hydrogens is 354 g/mol. The number of benzene rings is 2. The Morgan fingerprint density at radius 1 is 1.11 bits per heavy atom. The van der Waals surface area contributed by atoms with E-state index in [-0.39, 0.29) is 5.91 Å². The van der Waals surface area contributed by atoms with Crippen molar-refractivity contribution in [2.75, 3.05) is 11.9 Å². The van der Waals surface area contributed by atoms with E-state index in [9.17, 15) is 4.79 Å². The Labute approximate surface area is 162 Å². The van der Waals surface area contributed by atoms with Gasteiger partial charge in [0.1, 0.15) is 11.5 Å². The summed E-state index contributed by atoms with van der Waals surface area (Å²) in [5.74, 6) is 1.54. The van der Waals surface area contributed by atoms with Crippen LogP contribution in [0.25, 0.3) is 22.2 Å². The highest BCUT2D eigenvalue weighted by atomic mass is 16.5. The lowest BCUT2D eigenvalue weighted by atomic mass is 10.0. The fourth-order valence-corrected chi connectivity index (χ4v) is 3.01. The molecule has 0 saturated carbocycles. The summed E-state index contributed by atoms with van der Waals surface area (Å²) in [7, 11) is 0. The van der Waals surface area contributed by atoms with Crippen molar-refractivity contribution in [2.24, 2.45) is 0 Å². The molecule has 0 aliphatic heterocycles. The van der Waals surface area contributed by atoms with Crippen LogP contribution in [0, 0.1) is 6.92 Å². The maximum absolute atomic E-state index is 12.9. The molecule has 6 nitrogen and oxygen atoms in total. The second kappa shape index (κ2) is 7.52. The number of aryl methyl sites for hydroxylation is 1. The average molecular weight is 373 g/mol. The van der Waals surface area contributed by atoms with Crippen LogP contribution >= 0.6 is 0 Å².